The van der Waals surface area contributed by atoms with Crippen molar-refractivity contribution < 1.29 is 19.2 Å². The van der Waals surface area contributed by atoms with E-state index in [1.54, 1.807) is 60.7 Å². The van der Waals surface area contributed by atoms with Crippen LogP contribution in [0.5, 0.6) is 0 Å². The number of rotatable bonds is 3. The van der Waals surface area contributed by atoms with Gasteiger partial charge in [-0.15, -0.1) is 0 Å². The van der Waals surface area contributed by atoms with Crippen LogP contribution in [0.25, 0.3) is 0 Å². The van der Waals surface area contributed by atoms with Crippen molar-refractivity contribution in [1.29, 1.82) is 0 Å². The molecule has 154 valence electrons. The van der Waals surface area contributed by atoms with Crippen LogP contribution in [0, 0.1) is 0 Å². The van der Waals surface area contributed by atoms with Gasteiger partial charge in [-0.3, -0.25) is 19.7 Å². The van der Waals surface area contributed by atoms with E-state index in [-0.39, 0.29) is 11.3 Å². The minimum absolute atomic E-state index is 0.242. The first kappa shape index (κ1) is 20.3. The molecule has 0 aliphatic carbocycles. The van der Waals surface area contributed by atoms with Gasteiger partial charge in [0.2, 0.25) is 0 Å². The molecule has 0 aromatic heterocycles. The summed E-state index contributed by atoms with van der Waals surface area (Å²) in [5, 5.41) is 5.20. The molecule has 0 bridgehead atoms. The third-order valence-electron chi connectivity index (χ3n) is 4.78. The number of carbonyl (C=O) groups excluding carboxylic acids is 4. The number of urea groups is 1. The molecule has 8 heteroatoms. The fraction of sp³-hybridized carbons (Fsp3) is 0.0435. The lowest BCUT2D eigenvalue weighted by Gasteiger charge is -2.17. The molecule has 2 N–H and O–H groups in total. The van der Waals surface area contributed by atoms with E-state index in [4.69, 9.17) is 11.6 Å². The summed E-state index contributed by atoms with van der Waals surface area (Å²) >= 11 is 6.08. The standard InChI is InChI=1S/C23H16ClN3O4/c24-16-11-12-18-17(13-16)19(25-20(28)14-7-3-1-4-8-14)22(30)27(18)23(31)26-21(29)15-9-5-2-6-10-15/h1-13,19H,(H,25,28)(H,26,29,31). The van der Waals surface area contributed by atoms with Crippen LogP contribution in [-0.2, 0) is 4.79 Å². The summed E-state index contributed by atoms with van der Waals surface area (Å²) in [5.41, 5.74) is 1.24. The van der Waals surface area contributed by atoms with Gasteiger partial charge < -0.3 is 5.32 Å². The Morgan fingerprint density at radius 2 is 1.39 bits per heavy atom. The highest BCUT2D eigenvalue weighted by Gasteiger charge is 2.42. The molecule has 1 aliphatic heterocycles. The van der Waals surface area contributed by atoms with Gasteiger partial charge in [-0.25, -0.2) is 9.69 Å². The minimum Gasteiger partial charge on any atom is -0.336 e. The summed E-state index contributed by atoms with van der Waals surface area (Å²) < 4.78 is 0. The summed E-state index contributed by atoms with van der Waals surface area (Å²) in [4.78, 5) is 51.7. The largest absolute Gasteiger partial charge is 0.336 e. The van der Waals surface area contributed by atoms with Crippen molar-refractivity contribution in [2.75, 3.05) is 4.90 Å². The fourth-order valence-electron chi connectivity index (χ4n) is 3.31. The van der Waals surface area contributed by atoms with Crippen LogP contribution in [0.15, 0.2) is 78.9 Å². The number of fused-ring (bicyclic) bond motifs is 1. The van der Waals surface area contributed by atoms with E-state index in [2.05, 4.69) is 10.6 Å². The molecule has 1 aliphatic rings. The SMILES string of the molecule is O=C(NC(=O)N1C(=O)C(NC(=O)c2ccccc2)c2cc(Cl)ccc21)c1ccccc1. The molecule has 5 amide bonds. The van der Waals surface area contributed by atoms with E-state index >= 15 is 0 Å². The highest BCUT2D eigenvalue weighted by Crippen LogP contribution is 2.37. The van der Waals surface area contributed by atoms with Gasteiger partial charge in [0.05, 0.1) is 5.69 Å². The Kier molecular flexibility index (Phi) is 5.51. The number of benzene rings is 3. The Hall–Kier alpha value is -3.97. The second-order valence-electron chi connectivity index (χ2n) is 6.77. The molecular formula is C23H16ClN3O4. The van der Waals surface area contributed by atoms with E-state index in [9.17, 15) is 19.2 Å². The second-order valence-corrected chi connectivity index (χ2v) is 7.21. The summed E-state index contributed by atoms with van der Waals surface area (Å²) in [5.74, 6) is -1.82. The Labute approximate surface area is 182 Å². The fourth-order valence-corrected chi connectivity index (χ4v) is 3.49. The molecule has 31 heavy (non-hydrogen) atoms. The average molecular weight is 434 g/mol. The van der Waals surface area contributed by atoms with Crippen molar-refractivity contribution in [3.8, 4) is 0 Å². The number of nitrogens with one attached hydrogen (secondary N) is 2. The summed E-state index contributed by atoms with van der Waals surface area (Å²) in [6, 6.07) is 19.0. The van der Waals surface area contributed by atoms with E-state index in [1.165, 1.54) is 18.2 Å². The number of carbonyl (C=O) groups is 4. The molecular weight excluding hydrogens is 418 g/mol. The van der Waals surface area contributed by atoms with Gasteiger partial charge in [0, 0.05) is 21.7 Å². The Morgan fingerprint density at radius 3 is 2.00 bits per heavy atom. The van der Waals surface area contributed by atoms with Gasteiger partial charge in [0.25, 0.3) is 17.7 Å². The van der Waals surface area contributed by atoms with Crippen LogP contribution < -0.4 is 15.5 Å². The molecule has 1 atom stereocenters. The zero-order chi connectivity index (χ0) is 22.0. The molecule has 3 aromatic carbocycles. The Balaban J connectivity index is 1.61. The number of halogens is 1. The smallest absolute Gasteiger partial charge is 0.335 e. The summed E-state index contributed by atoms with van der Waals surface area (Å²) in [6.45, 7) is 0. The zero-order valence-electron chi connectivity index (χ0n) is 16.0. The van der Waals surface area contributed by atoms with Gasteiger partial charge >= 0.3 is 6.03 Å². The topological polar surface area (TPSA) is 95.6 Å². The van der Waals surface area contributed by atoms with E-state index in [1.807, 2.05) is 0 Å². The number of nitrogens with zero attached hydrogens (tertiary/aromatic N) is 1. The van der Waals surface area contributed by atoms with Crippen molar-refractivity contribution in [2.24, 2.45) is 0 Å². The maximum Gasteiger partial charge on any atom is 0.335 e. The summed E-state index contributed by atoms with van der Waals surface area (Å²) in [6.07, 6.45) is 0. The minimum atomic E-state index is -1.13. The summed E-state index contributed by atoms with van der Waals surface area (Å²) in [7, 11) is 0. The number of hydrogen-bond donors (Lipinski definition) is 2. The molecule has 1 heterocycles. The highest BCUT2D eigenvalue weighted by atomic mass is 35.5. The molecule has 0 radical (unpaired) electrons. The quantitative estimate of drug-likeness (QED) is 0.658. The first-order chi connectivity index (χ1) is 15.0. The predicted molar refractivity (Wildman–Crippen MR) is 115 cm³/mol. The average Bonchev–Trinajstić information content (AvgIpc) is 3.05. The van der Waals surface area contributed by atoms with Crippen molar-refractivity contribution in [2.45, 2.75) is 6.04 Å². The molecule has 0 saturated heterocycles. The Morgan fingerprint density at radius 1 is 0.806 bits per heavy atom. The van der Waals surface area contributed by atoms with Crippen LogP contribution in [0.1, 0.15) is 32.3 Å². The zero-order valence-corrected chi connectivity index (χ0v) is 16.8. The van der Waals surface area contributed by atoms with Gasteiger partial charge in [0.15, 0.2) is 0 Å². The van der Waals surface area contributed by atoms with Crippen LogP contribution in [0.2, 0.25) is 5.02 Å². The maximum absolute atomic E-state index is 13.1. The van der Waals surface area contributed by atoms with Crippen molar-refractivity contribution in [3.05, 3.63) is 101 Å². The van der Waals surface area contributed by atoms with Crippen LogP contribution in [0.3, 0.4) is 0 Å². The highest BCUT2D eigenvalue weighted by molar-refractivity contribution is 6.31. The third-order valence-corrected chi connectivity index (χ3v) is 5.01. The molecule has 4 rings (SSSR count). The van der Waals surface area contributed by atoms with Gasteiger partial charge in [0.1, 0.15) is 6.04 Å². The predicted octanol–water partition coefficient (Wildman–Crippen LogP) is 3.71. The third kappa shape index (κ3) is 4.04. The van der Waals surface area contributed by atoms with Gasteiger partial charge in [-0.2, -0.15) is 0 Å². The normalized spacial score (nSPS) is 14.7. The van der Waals surface area contributed by atoms with E-state index < -0.39 is 29.8 Å². The number of amides is 5. The Bertz CT molecular complexity index is 1180. The molecule has 3 aromatic rings. The first-order valence-electron chi connectivity index (χ1n) is 9.35. The van der Waals surface area contributed by atoms with Crippen molar-refractivity contribution >= 4 is 41.0 Å². The van der Waals surface area contributed by atoms with Gasteiger partial charge in [-0.05, 0) is 42.5 Å². The van der Waals surface area contributed by atoms with Crippen LogP contribution >= 0.6 is 11.6 Å². The first-order valence-corrected chi connectivity index (χ1v) is 9.73. The second kappa shape index (κ2) is 8.41. The van der Waals surface area contributed by atoms with E-state index in [0.717, 1.165) is 4.90 Å². The van der Waals surface area contributed by atoms with E-state index in [0.29, 0.717) is 16.1 Å². The molecule has 0 fully saturated rings. The molecule has 0 saturated carbocycles. The lowest BCUT2D eigenvalue weighted by Crippen LogP contribution is -2.47. The lowest BCUT2D eigenvalue weighted by molar-refractivity contribution is -0.119. The maximum atomic E-state index is 13.1. The number of imide groups is 2. The molecule has 0 spiro atoms. The number of hydrogen-bond acceptors (Lipinski definition) is 4. The van der Waals surface area contributed by atoms with Crippen molar-refractivity contribution in [3.63, 3.8) is 0 Å². The van der Waals surface area contributed by atoms with Crippen LogP contribution in [-0.4, -0.2) is 23.8 Å². The number of anilines is 1. The molecule has 7 nitrogen and oxygen atoms in total. The van der Waals surface area contributed by atoms with Crippen LogP contribution in [0.4, 0.5) is 10.5 Å². The van der Waals surface area contributed by atoms with Crippen molar-refractivity contribution in [1.82, 2.24) is 10.6 Å². The van der Waals surface area contributed by atoms with Gasteiger partial charge in [-0.1, -0.05) is 48.0 Å². The lowest BCUT2D eigenvalue weighted by atomic mass is 10.1. The molecule has 1 unspecified atom stereocenters. The monoisotopic (exact) mass is 433 g/mol.